The molecular weight excluding hydrogens is 344 g/mol. The lowest BCUT2D eigenvalue weighted by Crippen LogP contribution is -2.41. The number of halogens is 1. The van der Waals surface area contributed by atoms with Crippen LogP contribution in [0.5, 0.6) is 5.75 Å². The van der Waals surface area contributed by atoms with E-state index in [1.807, 2.05) is 0 Å². The Bertz CT molecular complexity index is 636. The van der Waals surface area contributed by atoms with Crippen molar-refractivity contribution in [2.75, 3.05) is 32.8 Å². The minimum Gasteiger partial charge on any atom is -0.492 e. The highest BCUT2D eigenvalue weighted by Gasteiger charge is 2.26. The molecule has 0 spiro atoms. The van der Waals surface area contributed by atoms with Crippen molar-refractivity contribution >= 4 is 27.5 Å². The Kier molecular flexibility index (Phi) is 7.77. The number of amides is 1. The van der Waals surface area contributed by atoms with Gasteiger partial charge in [0.25, 0.3) is 0 Å². The Morgan fingerprint density at radius 3 is 2.61 bits per heavy atom. The Balaban J connectivity index is 2.98. The van der Waals surface area contributed by atoms with Crippen molar-refractivity contribution in [1.82, 2.24) is 9.62 Å². The molecule has 0 fully saturated rings. The summed E-state index contributed by atoms with van der Waals surface area (Å²) in [6.07, 6.45) is 0. The van der Waals surface area contributed by atoms with Crippen molar-refractivity contribution in [3.63, 3.8) is 0 Å². The molecule has 0 radical (unpaired) electrons. The van der Waals surface area contributed by atoms with E-state index >= 15 is 0 Å². The molecule has 1 aromatic rings. The standard InChI is InChI=1S/C14H21ClN2O5S/c1-3-17(10-14(19)16-7-8-18)23(20,21)11-5-6-13(22-4-2)12(15)9-11/h5-6,9,18H,3-4,7-8,10H2,1-2H3,(H,16,19). The van der Waals surface area contributed by atoms with Crippen molar-refractivity contribution in [3.8, 4) is 5.75 Å². The van der Waals surface area contributed by atoms with Gasteiger partial charge >= 0.3 is 0 Å². The molecule has 0 saturated heterocycles. The maximum Gasteiger partial charge on any atom is 0.243 e. The van der Waals surface area contributed by atoms with Crippen LogP contribution in [0, 0.1) is 0 Å². The Labute approximate surface area is 141 Å². The van der Waals surface area contributed by atoms with E-state index in [0.717, 1.165) is 4.31 Å². The van der Waals surface area contributed by atoms with E-state index in [9.17, 15) is 13.2 Å². The summed E-state index contributed by atoms with van der Waals surface area (Å²) < 4.78 is 31.5. The lowest BCUT2D eigenvalue weighted by molar-refractivity contribution is -0.121. The second kappa shape index (κ2) is 9.07. The number of rotatable bonds is 9. The number of ether oxygens (including phenoxy) is 1. The van der Waals surface area contributed by atoms with Gasteiger partial charge in [0.05, 0.1) is 29.7 Å². The molecule has 0 atom stereocenters. The molecule has 1 aromatic carbocycles. The lowest BCUT2D eigenvalue weighted by Gasteiger charge is -2.20. The van der Waals surface area contributed by atoms with E-state index in [0.29, 0.717) is 12.4 Å². The normalized spacial score (nSPS) is 11.5. The van der Waals surface area contributed by atoms with Gasteiger partial charge < -0.3 is 15.2 Å². The van der Waals surface area contributed by atoms with E-state index in [1.54, 1.807) is 13.8 Å². The highest BCUT2D eigenvalue weighted by molar-refractivity contribution is 7.89. The molecule has 1 rings (SSSR count). The average molecular weight is 365 g/mol. The van der Waals surface area contributed by atoms with Crippen molar-refractivity contribution < 1.29 is 23.1 Å². The van der Waals surface area contributed by atoms with Gasteiger partial charge in [0.2, 0.25) is 15.9 Å². The smallest absolute Gasteiger partial charge is 0.243 e. The van der Waals surface area contributed by atoms with Crippen LogP contribution in [0.15, 0.2) is 23.1 Å². The number of hydrogen-bond acceptors (Lipinski definition) is 5. The third-order valence-electron chi connectivity index (χ3n) is 2.95. The van der Waals surface area contributed by atoms with Gasteiger partial charge in [0.15, 0.2) is 0 Å². The summed E-state index contributed by atoms with van der Waals surface area (Å²) in [7, 11) is -3.86. The number of carbonyl (C=O) groups is 1. The summed E-state index contributed by atoms with van der Waals surface area (Å²) in [6.45, 7) is 3.50. The molecule has 0 aromatic heterocycles. The van der Waals surface area contributed by atoms with Crippen LogP contribution in [0.1, 0.15) is 13.8 Å². The van der Waals surface area contributed by atoms with Crippen molar-refractivity contribution in [3.05, 3.63) is 23.2 Å². The van der Waals surface area contributed by atoms with Gasteiger partial charge in [-0.3, -0.25) is 4.79 Å². The summed E-state index contributed by atoms with van der Waals surface area (Å²) in [5.74, 6) is -0.0848. The van der Waals surface area contributed by atoms with E-state index < -0.39 is 15.9 Å². The average Bonchev–Trinajstić information content (AvgIpc) is 2.52. The molecule has 0 heterocycles. The van der Waals surface area contributed by atoms with Gasteiger partial charge in [-0.2, -0.15) is 4.31 Å². The number of nitrogens with zero attached hydrogens (tertiary/aromatic N) is 1. The number of likely N-dealkylation sites (N-methyl/N-ethyl adjacent to an activating group) is 1. The van der Waals surface area contributed by atoms with E-state index in [2.05, 4.69) is 5.32 Å². The first kappa shape index (κ1) is 19.7. The summed E-state index contributed by atoms with van der Waals surface area (Å²) in [6, 6.07) is 4.18. The number of sulfonamides is 1. The molecule has 0 saturated carbocycles. The zero-order chi connectivity index (χ0) is 17.5. The van der Waals surface area contributed by atoms with Gasteiger partial charge in [-0.25, -0.2) is 8.42 Å². The summed E-state index contributed by atoms with van der Waals surface area (Å²) in [5.41, 5.74) is 0. The molecule has 7 nitrogen and oxygen atoms in total. The molecule has 1 amide bonds. The second-order valence-electron chi connectivity index (χ2n) is 4.53. The predicted octanol–water partition coefficient (Wildman–Crippen LogP) is 0.858. The predicted molar refractivity (Wildman–Crippen MR) is 87.1 cm³/mol. The first-order valence-corrected chi connectivity index (χ1v) is 8.98. The zero-order valence-corrected chi connectivity index (χ0v) is 14.7. The van der Waals surface area contributed by atoms with Crippen molar-refractivity contribution in [1.29, 1.82) is 0 Å². The van der Waals surface area contributed by atoms with Crippen molar-refractivity contribution in [2.45, 2.75) is 18.7 Å². The fourth-order valence-electron chi connectivity index (χ4n) is 1.84. The molecule has 9 heteroatoms. The summed E-state index contributed by atoms with van der Waals surface area (Å²) in [5, 5.41) is 11.3. The molecule has 0 unspecified atom stereocenters. The SMILES string of the molecule is CCOc1ccc(S(=O)(=O)N(CC)CC(=O)NCCO)cc1Cl. The van der Waals surface area contributed by atoms with E-state index in [-0.39, 0.29) is 36.2 Å². The third-order valence-corrected chi connectivity index (χ3v) is 5.16. The maximum atomic E-state index is 12.6. The quantitative estimate of drug-likeness (QED) is 0.677. The van der Waals surface area contributed by atoms with Crippen LogP contribution in [0.25, 0.3) is 0 Å². The minimum absolute atomic E-state index is 0.0113. The van der Waals surface area contributed by atoms with E-state index in [1.165, 1.54) is 18.2 Å². The molecule has 0 bridgehead atoms. The molecule has 2 N–H and O–H groups in total. The molecule has 130 valence electrons. The zero-order valence-electron chi connectivity index (χ0n) is 13.1. The van der Waals surface area contributed by atoms with Crippen LogP contribution >= 0.6 is 11.6 Å². The monoisotopic (exact) mass is 364 g/mol. The van der Waals surface area contributed by atoms with Gasteiger partial charge in [-0.05, 0) is 25.1 Å². The number of aliphatic hydroxyl groups excluding tert-OH is 1. The first-order valence-electron chi connectivity index (χ1n) is 7.16. The fraction of sp³-hybridized carbons (Fsp3) is 0.500. The number of carbonyl (C=O) groups excluding carboxylic acids is 1. The third kappa shape index (κ3) is 5.35. The number of nitrogens with one attached hydrogen (secondary N) is 1. The Morgan fingerprint density at radius 2 is 2.09 bits per heavy atom. The minimum atomic E-state index is -3.86. The van der Waals surface area contributed by atoms with Crippen LogP contribution in [0.4, 0.5) is 0 Å². The highest BCUT2D eigenvalue weighted by atomic mass is 35.5. The van der Waals surface area contributed by atoms with E-state index in [4.69, 9.17) is 21.4 Å². The van der Waals surface area contributed by atoms with Gasteiger partial charge in [0, 0.05) is 13.1 Å². The Morgan fingerprint density at radius 1 is 1.39 bits per heavy atom. The largest absolute Gasteiger partial charge is 0.492 e. The number of benzene rings is 1. The van der Waals surface area contributed by atoms with Crippen LogP contribution in [0.3, 0.4) is 0 Å². The van der Waals surface area contributed by atoms with Gasteiger partial charge in [-0.15, -0.1) is 0 Å². The van der Waals surface area contributed by atoms with Gasteiger partial charge in [0.1, 0.15) is 5.75 Å². The second-order valence-corrected chi connectivity index (χ2v) is 6.88. The lowest BCUT2D eigenvalue weighted by atomic mass is 10.3. The van der Waals surface area contributed by atoms with Gasteiger partial charge in [-0.1, -0.05) is 18.5 Å². The highest BCUT2D eigenvalue weighted by Crippen LogP contribution is 2.28. The topological polar surface area (TPSA) is 95.9 Å². The molecule has 0 aliphatic heterocycles. The maximum absolute atomic E-state index is 12.6. The molecule has 0 aliphatic carbocycles. The summed E-state index contributed by atoms with van der Waals surface area (Å²) >= 11 is 6.02. The molecule has 23 heavy (non-hydrogen) atoms. The van der Waals surface area contributed by atoms with Crippen LogP contribution in [-0.2, 0) is 14.8 Å². The first-order chi connectivity index (χ1) is 10.9. The number of aliphatic hydroxyl groups is 1. The van der Waals surface area contributed by atoms with Crippen LogP contribution < -0.4 is 10.1 Å². The molecule has 0 aliphatic rings. The van der Waals surface area contributed by atoms with Crippen LogP contribution in [-0.4, -0.2) is 56.6 Å². The van der Waals surface area contributed by atoms with Crippen LogP contribution in [0.2, 0.25) is 5.02 Å². The van der Waals surface area contributed by atoms with Crippen molar-refractivity contribution in [2.24, 2.45) is 0 Å². The summed E-state index contributed by atoms with van der Waals surface area (Å²) in [4.78, 5) is 11.7. The Hall–Kier alpha value is -1.35. The molecular formula is C14H21ClN2O5S. The fourth-order valence-corrected chi connectivity index (χ4v) is 3.57. The number of hydrogen-bond donors (Lipinski definition) is 2.